The Morgan fingerprint density at radius 2 is 1.13 bits per heavy atom. The van der Waals surface area contributed by atoms with Gasteiger partial charge in [0.1, 0.15) is 18.3 Å². The maximum Gasteiger partial charge on any atom is 0.230 e. The van der Waals surface area contributed by atoms with Gasteiger partial charge >= 0.3 is 0 Å². The molecule has 0 N–H and O–H groups in total. The summed E-state index contributed by atoms with van der Waals surface area (Å²) in [6.07, 6.45) is -1.16. The van der Waals surface area contributed by atoms with Gasteiger partial charge < -0.3 is 18.9 Å². The summed E-state index contributed by atoms with van der Waals surface area (Å²) in [6, 6.07) is 29.1. The second-order valence-electron chi connectivity index (χ2n) is 9.62. The number of benzene rings is 3. The molecule has 0 aromatic heterocycles. The lowest BCUT2D eigenvalue weighted by molar-refractivity contribution is -0.222. The molecule has 2 heterocycles. The highest BCUT2D eigenvalue weighted by atomic mass is 16.6. The van der Waals surface area contributed by atoms with Gasteiger partial charge in [-0.05, 0) is 16.7 Å². The Balaban J connectivity index is 1.37. The number of rotatable bonds is 11. The van der Waals surface area contributed by atoms with Gasteiger partial charge in [0.05, 0.1) is 39.1 Å². The van der Waals surface area contributed by atoms with Crippen LogP contribution in [-0.4, -0.2) is 54.3 Å². The summed E-state index contributed by atoms with van der Waals surface area (Å²) in [6.45, 7) is 1.55. The molecule has 2 aliphatic heterocycles. The zero-order valence-corrected chi connectivity index (χ0v) is 21.3. The van der Waals surface area contributed by atoms with Crippen LogP contribution in [0.15, 0.2) is 91.0 Å². The number of likely N-dealkylation sites (tertiary alicyclic amines) is 1. The number of ether oxygens (including phenoxy) is 4. The molecule has 7 heteroatoms. The van der Waals surface area contributed by atoms with Gasteiger partial charge in [0.2, 0.25) is 11.8 Å². The zero-order chi connectivity index (χ0) is 26.2. The molecular formula is C31H33NO6. The zero-order valence-electron chi connectivity index (χ0n) is 21.3. The number of hydrogen-bond donors (Lipinski definition) is 0. The molecule has 2 aliphatic rings. The van der Waals surface area contributed by atoms with Gasteiger partial charge in [-0.15, -0.1) is 0 Å². The van der Waals surface area contributed by atoms with Crippen LogP contribution in [0, 0.1) is 0 Å². The number of carbonyl (C=O) groups is 2. The number of hydrogen-bond acceptors (Lipinski definition) is 6. The van der Waals surface area contributed by atoms with E-state index in [1.54, 1.807) is 0 Å². The first-order valence-electron chi connectivity index (χ1n) is 13.1. The van der Waals surface area contributed by atoms with Gasteiger partial charge in [-0.25, -0.2) is 0 Å². The van der Waals surface area contributed by atoms with Gasteiger partial charge in [-0.3, -0.25) is 14.5 Å². The minimum Gasteiger partial charge on any atom is -0.374 e. The maximum absolute atomic E-state index is 12.7. The van der Waals surface area contributed by atoms with E-state index in [0.717, 1.165) is 16.7 Å². The van der Waals surface area contributed by atoms with Crippen molar-refractivity contribution in [1.82, 2.24) is 4.90 Å². The van der Waals surface area contributed by atoms with E-state index < -0.39 is 24.4 Å². The van der Waals surface area contributed by atoms with Crippen LogP contribution in [0.25, 0.3) is 0 Å². The summed E-state index contributed by atoms with van der Waals surface area (Å²) in [4.78, 5) is 26.8. The van der Waals surface area contributed by atoms with Crippen molar-refractivity contribution in [3.63, 3.8) is 0 Å². The van der Waals surface area contributed by atoms with Crippen molar-refractivity contribution in [3.05, 3.63) is 108 Å². The molecule has 0 radical (unpaired) electrons. The Morgan fingerprint density at radius 1 is 0.658 bits per heavy atom. The fraction of sp³-hybridized carbons (Fsp3) is 0.355. The molecule has 4 atom stereocenters. The van der Waals surface area contributed by atoms with Crippen LogP contribution in [0.4, 0.5) is 0 Å². The summed E-state index contributed by atoms with van der Waals surface area (Å²) in [5.74, 6) is -0.394. The third-order valence-corrected chi connectivity index (χ3v) is 6.94. The Morgan fingerprint density at radius 3 is 1.66 bits per heavy atom. The van der Waals surface area contributed by atoms with Crippen LogP contribution in [-0.2, 0) is 48.4 Å². The third kappa shape index (κ3) is 6.55. The second-order valence-corrected chi connectivity index (χ2v) is 9.62. The molecule has 3 unspecified atom stereocenters. The highest BCUT2D eigenvalue weighted by molar-refractivity contribution is 6.02. The van der Waals surface area contributed by atoms with E-state index in [-0.39, 0.29) is 37.9 Å². The van der Waals surface area contributed by atoms with Crippen LogP contribution in [0.3, 0.4) is 0 Å². The first-order valence-corrected chi connectivity index (χ1v) is 13.1. The van der Waals surface area contributed by atoms with Gasteiger partial charge in [0.15, 0.2) is 0 Å². The molecular weight excluding hydrogens is 482 g/mol. The number of imide groups is 1. The van der Waals surface area contributed by atoms with Crippen LogP contribution in [0.1, 0.15) is 29.5 Å². The first kappa shape index (κ1) is 26.3. The van der Waals surface area contributed by atoms with E-state index in [1.807, 2.05) is 91.0 Å². The molecule has 3 aromatic carbocycles. The van der Waals surface area contributed by atoms with Crippen molar-refractivity contribution < 1.29 is 28.5 Å². The monoisotopic (exact) mass is 515 g/mol. The summed E-state index contributed by atoms with van der Waals surface area (Å²) in [5.41, 5.74) is 3.07. The summed E-state index contributed by atoms with van der Waals surface area (Å²) >= 11 is 0. The minimum absolute atomic E-state index is 0.168. The highest BCUT2D eigenvalue weighted by Crippen LogP contribution is 2.30. The van der Waals surface area contributed by atoms with E-state index in [0.29, 0.717) is 19.8 Å². The third-order valence-electron chi connectivity index (χ3n) is 6.94. The molecule has 0 aliphatic carbocycles. The lowest BCUT2D eigenvalue weighted by Crippen LogP contribution is -2.62. The van der Waals surface area contributed by atoms with E-state index in [9.17, 15) is 9.59 Å². The maximum atomic E-state index is 12.7. The predicted octanol–water partition coefficient (Wildman–Crippen LogP) is 4.29. The predicted molar refractivity (Wildman–Crippen MR) is 141 cm³/mol. The smallest absolute Gasteiger partial charge is 0.230 e. The first-order chi connectivity index (χ1) is 18.7. The van der Waals surface area contributed by atoms with Crippen LogP contribution in [0.5, 0.6) is 0 Å². The summed E-state index contributed by atoms with van der Waals surface area (Å²) in [7, 11) is 0. The Bertz CT molecular complexity index is 1160. The van der Waals surface area contributed by atoms with Crippen LogP contribution in [0.2, 0.25) is 0 Å². The summed E-state index contributed by atoms with van der Waals surface area (Å²) in [5, 5.41) is 0. The van der Waals surface area contributed by atoms with Crippen LogP contribution >= 0.6 is 0 Å². The van der Waals surface area contributed by atoms with E-state index in [4.69, 9.17) is 18.9 Å². The Labute approximate surface area is 223 Å². The lowest BCUT2D eigenvalue weighted by Gasteiger charge is -2.44. The quantitative estimate of drug-likeness (QED) is 0.355. The van der Waals surface area contributed by atoms with Gasteiger partial charge in [-0.1, -0.05) is 91.0 Å². The Hall–Kier alpha value is -3.36. The molecule has 198 valence electrons. The standard InChI is InChI=1S/C31H33NO6/c33-28-16-17-29(34)32(28)26-21-36-27(22-35-18-23-10-4-1-5-11-23)31(38-20-25-14-8-3-9-15-25)30(26)37-19-24-12-6-2-7-13-24/h1-15,26-27,30-31H,16-22H2/t26-,27?,30?,31?/m1/s1. The van der Waals surface area contributed by atoms with Crippen molar-refractivity contribution >= 4 is 11.8 Å². The van der Waals surface area contributed by atoms with Crippen LogP contribution < -0.4 is 0 Å². The molecule has 0 spiro atoms. The van der Waals surface area contributed by atoms with Crippen molar-refractivity contribution in [2.45, 2.75) is 57.0 Å². The number of amides is 2. The fourth-order valence-electron chi connectivity index (χ4n) is 4.98. The molecule has 2 amide bonds. The SMILES string of the molecule is O=C1CCC(=O)N1[C@@H]1COC(COCc2ccccc2)C(OCc2ccccc2)C1OCc1ccccc1. The number of carbonyl (C=O) groups excluding carboxylic acids is 2. The lowest BCUT2D eigenvalue weighted by atomic mass is 9.96. The second kappa shape index (κ2) is 12.9. The van der Waals surface area contributed by atoms with E-state index in [1.165, 1.54) is 4.90 Å². The van der Waals surface area contributed by atoms with E-state index in [2.05, 4.69) is 0 Å². The fourth-order valence-corrected chi connectivity index (χ4v) is 4.98. The average molecular weight is 516 g/mol. The topological polar surface area (TPSA) is 74.3 Å². The van der Waals surface area contributed by atoms with Gasteiger partial charge in [-0.2, -0.15) is 0 Å². The molecule has 0 bridgehead atoms. The summed E-state index contributed by atoms with van der Waals surface area (Å²) < 4.78 is 25.2. The molecule has 0 saturated carbocycles. The average Bonchev–Trinajstić information content (AvgIpc) is 3.30. The largest absolute Gasteiger partial charge is 0.374 e. The highest BCUT2D eigenvalue weighted by Gasteiger charge is 2.49. The van der Waals surface area contributed by atoms with E-state index >= 15 is 0 Å². The Kier molecular flexibility index (Phi) is 8.94. The molecule has 3 aromatic rings. The minimum atomic E-state index is -0.580. The normalized spacial score (nSPS) is 23.6. The van der Waals surface area contributed by atoms with Crippen molar-refractivity contribution in [2.75, 3.05) is 13.2 Å². The molecule has 2 saturated heterocycles. The molecule has 5 rings (SSSR count). The van der Waals surface area contributed by atoms with Crippen molar-refractivity contribution in [2.24, 2.45) is 0 Å². The van der Waals surface area contributed by atoms with Gasteiger partial charge in [0.25, 0.3) is 0 Å². The van der Waals surface area contributed by atoms with Gasteiger partial charge in [0, 0.05) is 12.8 Å². The van der Waals surface area contributed by atoms with Crippen molar-refractivity contribution in [3.8, 4) is 0 Å². The molecule has 2 fully saturated rings. The van der Waals surface area contributed by atoms with Crippen molar-refractivity contribution in [1.29, 1.82) is 0 Å². The molecule has 38 heavy (non-hydrogen) atoms. The molecule has 7 nitrogen and oxygen atoms in total. The number of nitrogens with zero attached hydrogens (tertiary/aromatic N) is 1.